The van der Waals surface area contributed by atoms with Crippen LogP contribution in [0.15, 0.2) is 40.2 Å². The number of aliphatic imine (C=N–C) groups is 1. The molecule has 0 aliphatic rings. The van der Waals surface area contributed by atoms with Crippen molar-refractivity contribution in [3.8, 4) is 0 Å². The van der Waals surface area contributed by atoms with Crippen LogP contribution in [0.25, 0.3) is 0 Å². The van der Waals surface area contributed by atoms with Crippen molar-refractivity contribution in [2.24, 2.45) is 16.6 Å². The van der Waals surface area contributed by atoms with Crippen LogP contribution in [0.4, 0.5) is 0 Å². The predicted octanol–water partition coefficient (Wildman–Crippen LogP) is 3.20. The predicted molar refractivity (Wildman–Crippen MR) is 112 cm³/mol. The minimum Gasteiger partial charge on any atom is -0.370 e. The molecule has 0 amide bonds. The number of nitrogens with one attached hydrogen (secondary N) is 1. The van der Waals surface area contributed by atoms with E-state index in [-0.39, 0.29) is 42.3 Å². The highest BCUT2D eigenvalue weighted by Gasteiger charge is 2.13. The van der Waals surface area contributed by atoms with Crippen LogP contribution in [0.1, 0.15) is 40.0 Å². The summed E-state index contributed by atoms with van der Waals surface area (Å²) in [6.45, 7) is 6.64. The van der Waals surface area contributed by atoms with Crippen LogP contribution in [0, 0.1) is 5.92 Å². The van der Waals surface area contributed by atoms with Gasteiger partial charge in [0.2, 0.25) is 0 Å². The molecule has 1 aromatic rings. The van der Waals surface area contributed by atoms with Crippen molar-refractivity contribution < 1.29 is 8.42 Å². The van der Waals surface area contributed by atoms with Crippen molar-refractivity contribution in [2.75, 3.05) is 12.3 Å². The molecular formula is C17H30IN3O2S. The smallest absolute Gasteiger partial charge is 0.188 e. The molecule has 0 fully saturated rings. The Morgan fingerprint density at radius 2 is 1.79 bits per heavy atom. The molecule has 0 aromatic heterocycles. The third-order valence-corrected chi connectivity index (χ3v) is 5.27. The van der Waals surface area contributed by atoms with Crippen LogP contribution < -0.4 is 11.1 Å². The molecule has 0 heterocycles. The molecule has 0 saturated heterocycles. The second-order valence-corrected chi connectivity index (χ2v) is 8.38. The average molecular weight is 467 g/mol. The van der Waals surface area contributed by atoms with Gasteiger partial charge in [0.25, 0.3) is 0 Å². The molecule has 138 valence electrons. The first-order chi connectivity index (χ1) is 10.8. The summed E-state index contributed by atoms with van der Waals surface area (Å²) in [6, 6.07) is 8.65. The Bertz CT molecular complexity index is 589. The van der Waals surface area contributed by atoms with Crippen LogP contribution in [-0.4, -0.2) is 32.7 Å². The van der Waals surface area contributed by atoms with Gasteiger partial charge in [-0.2, -0.15) is 0 Å². The molecule has 1 rings (SSSR count). The van der Waals surface area contributed by atoms with Crippen molar-refractivity contribution in [1.82, 2.24) is 5.32 Å². The van der Waals surface area contributed by atoms with Gasteiger partial charge in [0, 0.05) is 6.04 Å². The number of benzene rings is 1. The highest BCUT2D eigenvalue weighted by molar-refractivity contribution is 14.0. The van der Waals surface area contributed by atoms with Gasteiger partial charge < -0.3 is 11.1 Å². The fourth-order valence-corrected chi connectivity index (χ4v) is 3.37. The van der Waals surface area contributed by atoms with E-state index in [1.54, 1.807) is 30.3 Å². The first-order valence-corrected chi connectivity index (χ1v) is 9.80. The molecule has 0 spiro atoms. The number of nitrogens with zero attached hydrogens (tertiary/aromatic N) is 1. The van der Waals surface area contributed by atoms with E-state index >= 15 is 0 Å². The summed E-state index contributed by atoms with van der Waals surface area (Å²) in [7, 11) is -3.30. The Labute approximate surface area is 163 Å². The van der Waals surface area contributed by atoms with Gasteiger partial charge in [-0.05, 0) is 31.4 Å². The molecule has 1 unspecified atom stereocenters. The monoisotopic (exact) mass is 467 g/mol. The van der Waals surface area contributed by atoms with Gasteiger partial charge in [-0.1, -0.05) is 44.9 Å². The molecule has 1 atom stereocenters. The molecule has 3 N–H and O–H groups in total. The molecule has 0 saturated carbocycles. The Hall–Kier alpha value is -0.830. The molecule has 0 bridgehead atoms. The molecule has 5 nitrogen and oxygen atoms in total. The maximum atomic E-state index is 12.1. The first kappa shape index (κ1) is 23.2. The molecule has 0 aliphatic heterocycles. The van der Waals surface area contributed by atoms with Gasteiger partial charge in [0.1, 0.15) is 0 Å². The van der Waals surface area contributed by atoms with Gasteiger partial charge in [-0.25, -0.2) is 8.42 Å². The van der Waals surface area contributed by atoms with E-state index in [0.717, 1.165) is 12.8 Å². The highest BCUT2D eigenvalue weighted by atomic mass is 127. The largest absolute Gasteiger partial charge is 0.370 e. The maximum absolute atomic E-state index is 12.1. The van der Waals surface area contributed by atoms with Crippen LogP contribution >= 0.6 is 24.0 Å². The van der Waals surface area contributed by atoms with Gasteiger partial charge in [0.05, 0.1) is 17.2 Å². The fraction of sp³-hybridized carbons (Fsp3) is 0.588. The molecule has 24 heavy (non-hydrogen) atoms. The lowest BCUT2D eigenvalue weighted by molar-refractivity contribution is 0.493. The van der Waals surface area contributed by atoms with E-state index in [9.17, 15) is 8.42 Å². The van der Waals surface area contributed by atoms with Gasteiger partial charge in [0.15, 0.2) is 15.8 Å². The molecule has 0 aliphatic carbocycles. The van der Waals surface area contributed by atoms with E-state index in [1.807, 2.05) is 0 Å². The van der Waals surface area contributed by atoms with Crippen LogP contribution in [0.5, 0.6) is 0 Å². The number of halogens is 1. The van der Waals surface area contributed by atoms with Crippen molar-refractivity contribution in [2.45, 2.75) is 51.0 Å². The van der Waals surface area contributed by atoms with Gasteiger partial charge in [-0.3, -0.25) is 4.99 Å². The van der Waals surface area contributed by atoms with Crippen molar-refractivity contribution in [3.05, 3.63) is 30.3 Å². The molecular weight excluding hydrogens is 437 g/mol. The second-order valence-electron chi connectivity index (χ2n) is 6.27. The topological polar surface area (TPSA) is 84.5 Å². The number of rotatable bonds is 9. The van der Waals surface area contributed by atoms with Crippen molar-refractivity contribution in [1.29, 1.82) is 0 Å². The number of nitrogens with two attached hydrogens (primary N) is 1. The quantitative estimate of drug-likeness (QED) is 0.332. The summed E-state index contributed by atoms with van der Waals surface area (Å²) < 4.78 is 24.2. The molecule has 1 aromatic carbocycles. The summed E-state index contributed by atoms with van der Waals surface area (Å²) in [5.41, 5.74) is 5.82. The number of sulfone groups is 1. The third-order valence-electron chi connectivity index (χ3n) is 3.56. The Kier molecular flexibility index (Phi) is 11.3. The lowest BCUT2D eigenvalue weighted by atomic mass is 10.0. The maximum Gasteiger partial charge on any atom is 0.188 e. The fourth-order valence-electron chi connectivity index (χ4n) is 2.23. The zero-order valence-electron chi connectivity index (χ0n) is 14.7. The number of hydrogen-bond acceptors (Lipinski definition) is 3. The van der Waals surface area contributed by atoms with Gasteiger partial charge in [-0.15, -0.1) is 24.0 Å². The molecule has 7 heteroatoms. The van der Waals surface area contributed by atoms with E-state index < -0.39 is 9.84 Å². The lowest BCUT2D eigenvalue weighted by Gasteiger charge is -2.15. The van der Waals surface area contributed by atoms with Crippen LogP contribution in [0.3, 0.4) is 0 Å². The Morgan fingerprint density at radius 3 is 2.38 bits per heavy atom. The summed E-state index contributed by atoms with van der Waals surface area (Å²) in [4.78, 5) is 4.45. The number of hydrogen-bond donors (Lipinski definition) is 2. The zero-order valence-corrected chi connectivity index (χ0v) is 17.9. The summed E-state index contributed by atoms with van der Waals surface area (Å²) in [6.07, 6.45) is 3.36. The van der Waals surface area contributed by atoms with Crippen molar-refractivity contribution >= 4 is 39.8 Å². The van der Waals surface area contributed by atoms with E-state index in [1.165, 1.54) is 6.42 Å². The summed E-state index contributed by atoms with van der Waals surface area (Å²) in [5.74, 6) is 0.975. The minimum absolute atomic E-state index is 0. The zero-order chi connectivity index (χ0) is 17.3. The van der Waals surface area contributed by atoms with Crippen LogP contribution in [-0.2, 0) is 9.84 Å². The SMILES string of the molecule is CC(C)CCCC(C)NC(N)=NCCS(=O)(=O)c1ccccc1.I. The third kappa shape index (κ3) is 9.46. The second kappa shape index (κ2) is 11.7. The Balaban J connectivity index is 0.00000529. The van der Waals surface area contributed by atoms with Gasteiger partial charge >= 0.3 is 0 Å². The number of guanidine groups is 1. The first-order valence-electron chi connectivity index (χ1n) is 8.15. The van der Waals surface area contributed by atoms with E-state index in [4.69, 9.17) is 5.73 Å². The normalized spacial score (nSPS) is 13.4. The lowest BCUT2D eigenvalue weighted by Crippen LogP contribution is -2.38. The summed E-state index contributed by atoms with van der Waals surface area (Å²) >= 11 is 0. The van der Waals surface area contributed by atoms with Crippen LogP contribution in [0.2, 0.25) is 0 Å². The molecule has 0 radical (unpaired) electrons. The van der Waals surface area contributed by atoms with E-state index in [2.05, 4.69) is 31.1 Å². The standard InChI is InChI=1S/C17H29N3O2S.HI/c1-14(2)8-7-9-15(3)20-17(18)19-12-13-23(21,22)16-10-5-4-6-11-16;/h4-6,10-11,14-15H,7-9,12-13H2,1-3H3,(H3,18,19,20);1H. The Morgan fingerprint density at radius 1 is 1.17 bits per heavy atom. The highest BCUT2D eigenvalue weighted by Crippen LogP contribution is 2.10. The minimum atomic E-state index is -3.30. The van der Waals surface area contributed by atoms with E-state index in [0.29, 0.717) is 16.8 Å². The average Bonchev–Trinajstić information content (AvgIpc) is 2.47. The summed E-state index contributed by atoms with van der Waals surface area (Å²) in [5, 5.41) is 3.11. The van der Waals surface area contributed by atoms with Crippen molar-refractivity contribution in [3.63, 3.8) is 0 Å².